The lowest BCUT2D eigenvalue weighted by Crippen LogP contribution is -2.46. The number of terminal acetylenes is 1. The first kappa shape index (κ1) is 23.4. The SMILES string of the molecule is C#CCOc1cc(CNC(=NC)N2CCC(OCC)CC2)ccc1OC.I. The summed E-state index contributed by atoms with van der Waals surface area (Å²) in [6, 6.07) is 5.83. The quantitative estimate of drug-likeness (QED) is 0.278. The number of nitrogens with one attached hydrogen (secondary N) is 1. The van der Waals surface area contributed by atoms with Gasteiger partial charge in [0.1, 0.15) is 6.61 Å². The Labute approximate surface area is 179 Å². The van der Waals surface area contributed by atoms with E-state index in [1.807, 2.05) is 32.2 Å². The Kier molecular flexibility index (Phi) is 11.0. The monoisotopic (exact) mass is 487 g/mol. The fourth-order valence-corrected chi connectivity index (χ4v) is 3.05. The molecule has 1 aliphatic heterocycles. The van der Waals surface area contributed by atoms with Gasteiger partial charge in [0.15, 0.2) is 17.5 Å². The molecule has 0 aromatic heterocycles. The second-order valence-corrected chi connectivity index (χ2v) is 6.02. The molecule has 1 aromatic rings. The highest BCUT2D eigenvalue weighted by atomic mass is 127. The van der Waals surface area contributed by atoms with Crippen LogP contribution in [0.25, 0.3) is 0 Å². The van der Waals surface area contributed by atoms with Crippen LogP contribution in [0, 0.1) is 12.3 Å². The number of hydrogen-bond acceptors (Lipinski definition) is 4. The third kappa shape index (κ3) is 7.11. The third-order valence-corrected chi connectivity index (χ3v) is 4.35. The maximum atomic E-state index is 5.71. The summed E-state index contributed by atoms with van der Waals surface area (Å²) in [5.74, 6) is 4.70. The lowest BCUT2D eigenvalue weighted by Gasteiger charge is -2.34. The molecule has 0 spiro atoms. The van der Waals surface area contributed by atoms with E-state index in [1.54, 1.807) is 7.11 Å². The lowest BCUT2D eigenvalue weighted by molar-refractivity contribution is 0.0263. The Morgan fingerprint density at radius 1 is 1.33 bits per heavy atom. The zero-order chi connectivity index (χ0) is 18.8. The van der Waals surface area contributed by atoms with E-state index in [9.17, 15) is 0 Å². The number of aliphatic imine (C=N–C) groups is 1. The van der Waals surface area contributed by atoms with E-state index < -0.39 is 0 Å². The van der Waals surface area contributed by atoms with Gasteiger partial charge in [-0.3, -0.25) is 4.99 Å². The van der Waals surface area contributed by atoms with Gasteiger partial charge in [0.25, 0.3) is 0 Å². The highest BCUT2D eigenvalue weighted by molar-refractivity contribution is 14.0. The van der Waals surface area contributed by atoms with Crippen LogP contribution in [0.2, 0.25) is 0 Å². The minimum atomic E-state index is 0. The lowest BCUT2D eigenvalue weighted by atomic mass is 10.1. The zero-order valence-corrected chi connectivity index (χ0v) is 18.7. The van der Waals surface area contributed by atoms with Crippen molar-refractivity contribution >= 4 is 29.9 Å². The molecule has 150 valence electrons. The van der Waals surface area contributed by atoms with Crippen LogP contribution in [0.4, 0.5) is 0 Å². The molecule has 1 aliphatic rings. The van der Waals surface area contributed by atoms with Crippen LogP contribution in [0.3, 0.4) is 0 Å². The molecule has 0 atom stereocenters. The van der Waals surface area contributed by atoms with Gasteiger partial charge in [0.05, 0.1) is 13.2 Å². The summed E-state index contributed by atoms with van der Waals surface area (Å²) in [5, 5.41) is 3.42. The molecular formula is C20H30IN3O3. The van der Waals surface area contributed by atoms with Crippen molar-refractivity contribution in [3.8, 4) is 23.8 Å². The van der Waals surface area contributed by atoms with E-state index >= 15 is 0 Å². The number of likely N-dealkylation sites (tertiary alicyclic amines) is 1. The number of benzene rings is 1. The molecule has 0 amide bonds. The maximum Gasteiger partial charge on any atom is 0.193 e. The van der Waals surface area contributed by atoms with Crippen LogP contribution in [0.1, 0.15) is 25.3 Å². The predicted molar refractivity (Wildman–Crippen MR) is 119 cm³/mol. The van der Waals surface area contributed by atoms with E-state index in [0.717, 1.165) is 44.1 Å². The number of hydrogen-bond donors (Lipinski definition) is 1. The van der Waals surface area contributed by atoms with Crippen molar-refractivity contribution in [2.45, 2.75) is 32.4 Å². The highest BCUT2D eigenvalue weighted by Crippen LogP contribution is 2.28. The van der Waals surface area contributed by atoms with E-state index in [1.165, 1.54) is 0 Å². The first-order valence-electron chi connectivity index (χ1n) is 9.02. The van der Waals surface area contributed by atoms with Gasteiger partial charge < -0.3 is 24.4 Å². The smallest absolute Gasteiger partial charge is 0.193 e. The number of nitrogens with zero attached hydrogens (tertiary/aromatic N) is 2. The molecule has 0 bridgehead atoms. The molecule has 1 saturated heterocycles. The number of guanidine groups is 1. The predicted octanol–water partition coefficient (Wildman–Crippen LogP) is 2.90. The van der Waals surface area contributed by atoms with Crippen LogP contribution < -0.4 is 14.8 Å². The maximum absolute atomic E-state index is 5.71. The Bertz CT molecular complexity index is 638. The fraction of sp³-hybridized carbons (Fsp3) is 0.550. The fourth-order valence-electron chi connectivity index (χ4n) is 3.05. The normalized spacial score (nSPS) is 14.9. The van der Waals surface area contributed by atoms with Crippen LogP contribution in [0.15, 0.2) is 23.2 Å². The first-order valence-corrected chi connectivity index (χ1v) is 9.02. The average molecular weight is 487 g/mol. The van der Waals surface area contributed by atoms with Gasteiger partial charge in [0.2, 0.25) is 0 Å². The van der Waals surface area contributed by atoms with Crippen molar-refractivity contribution in [3.63, 3.8) is 0 Å². The van der Waals surface area contributed by atoms with E-state index in [0.29, 0.717) is 24.1 Å². The summed E-state index contributed by atoms with van der Waals surface area (Å²) >= 11 is 0. The Morgan fingerprint density at radius 2 is 2.07 bits per heavy atom. The van der Waals surface area contributed by atoms with Crippen LogP contribution in [-0.2, 0) is 11.3 Å². The van der Waals surface area contributed by atoms with Gasteiger partial charge in [-0.25, -0.2) is 0 Å². The summed E-state index contributed by atoms with van der Waals surface area (Å²) in [6.45, 7) is 5.58. The second-order valence-electron chi connectivity index (χ2n) is 6.02. The summed E-state index contributed by atoms with van der Waals surface area (Å²) in [6.07, 6.45) is 7.70. The number of rotatable bonds is 7. The minimum absolute atomic E-state index is 0. The van der Waals surface area contributed by atoms with Gasteiger partial charge in [-0.2, -0.15) is 0 Å². The molecule has 7 heteroatoms. The molecule has 6 nitrogen and oxygen atoms in total. The van der Waals surface area contributed by atoms with Crippen molar-refractivity contribution in [3.05, 3.63) is 23.8 Å². The Balaban J connectivity index is 0.00000364. The summed E-state index contributed by atoms with van der Waals surface area (Å²) in [4.78, 5) is 6.68. The van der Waals surface area contributed by atoms with Crippen molar-refractivity contribution < 1.29 is 14.2 Å². The van der Waals surface area contributed by atoms with Gasteiger partial charge in [-0.05, 0) is 37.5 Å². The first-order chi connectivity index (χ1) is 12.7. The van der Waals surface area contributed by atoms with E-state index in [-0.39, 0.29) is 30.6 Å². The van der Waals surface area contributed by atoms with E-state index in [2.05, 4.69) is 21.1 Å². The molecule has 0 unspecified atom stereocenters. The summed E-state index contributed by atoms with van der Waals surface area (Å²) in [5.41, 5.74) is 1.07. The Morgan fingerprint density at radius 3 is 2.67 bits per heavy atom. The summed E-state index contributed by atoms with van der Waals surface area (Å²) in [7, 11) is 3.43. The third-order valence-electron chi connectivity index (χ3n) is 4.35. The van der Waals surface area contributed by atoms with Crippen molar-refractivity contribution in [1.82, 2.24) is 10.2 Å². The van der Waals surface area contributed by atoms with Crippen LogP contribution in [0.5, 0.6) is 11.5 Å². The van der Waals surface area contributed by atoms with Crippen molar-refractivity contribution in [2.75, 3.05) is 40.5 Å². The molecule has 0 radical (unpaired) electrons. The molecule has 2 rings (SSSR count). The summed E-state index contributed by atoms with van der Waals surface area (Å²) < 4.78 is 16.6. The Hall–Kier alpha value is -1.66. The molecule has 1 heterocycles. The van der Waals surface area contributed by atoms with Gasteiger partial charge in [-0.15, -0.1) is 30.4 Å². The number of halogens is 1. The van der Waals surface area contributed by atoms with Gasteiger partial charge in [0, 0.05) is 33.3 Å². The van der Waals surface area contributed by atoms with Gasteiger partial charge >= 0.3 is 0 Å². The molecule has 1 fully saturated rings. The second kappa shape index (κ2) is 12.7. The average Bonchev–Trinajstić information content (AvgIpc) is 2.68. The standard InChI is InChI=1S/C20H29N3O3.HI/c1-5-13-26-19-14-16(7-8-18(19)24-4)15-22-20(21-3)23-11-9-17(10-12-23)25-6-2;/h1,7-8,14,17H,6,9-13,15H2,2-4H3,(H,21,22);1H. The highest BCUT2D eigenvalue weighted by Gasteiger charge is 2.21. The van der Waals surface area contributed by atoms with Gasteiger partial charge in [-0.1, -0.05) is 12.0 Å². The van der Waals surface area contributed by atoms with Crippen molar-refractivity contribution in [1.29, 1.82) is 0 Å². The molecule has 1 aromatic carbocycles. The number of ether oxygens (including phenoxy) is 3. The minimum Gasteiger partial charge on any atom is -0.493 e. The topological polar surface area (TPSA) is 55.3 Å². The molecule has 0 aliphatic carbocycles. The van der Waals surface area contributed by atoms with Crippen molar-refractivity contribution in [2.24, 2.45) is 4.99 Å². The molecule has 1 N–H and O–H groups in total. The zero-order valence-electron chi connectivity index (χ0n) is 16.4. The molecule has 0 saturated carbocycles. The number of piperidine rings is 1. The van der Waals surface area contributed by atoms with Crippen LogP contribution >= 0.6 is 24.0 Å². The van der Waals surface area contributed by atoms with E-state index in [4.69, 9.17) is 20.6 Å². The van der Waals surface area contributed by atoms with Crippen LogP contribution in [-0.4, -0.2) is 57.4 Å². The molecule has 27 heavy (non-hydrogen) atoms. The number of methoxy groups -OCH3 is 1. The molecular weight excluding hydrogens is 457 g/mol. The largest absolute Gasteiger partial charge is 0.493 e.